The van der Waals surface area contributed by atoms with Crippen molar-refractivity contribution in [3.05, 3.63) is 47.0 Å². The number of fused-ring (bicyclic) bond motifs is 2. The highest BCUT2D eigenvalue weighted by molar-refractivity contribution is 6.31. The van der Waals surface area contributed by atoms with Gasteiger partial charge in [0.25, 0.3) is 5.91 Å². The normalized spacial score (nSPS) is 19.1. The number of morpholine rings is 1. The summed E-state index contributed by atoms with van der Waals surface area (Å²) in [5.41, 5.74) is 2.00. The number of rotatable bonds is 6. The number of nitrogens with zero attached hydrogens (tertiary/aromatic N) is 4. The smallest absolute Gasteiger partial charge is 0.261 e. The molecule has 3 aliphatic rings. The molecule has 0 unspecified atom stereocenters. The number of nitrogens with one attached hydrogen (secondary N) is 1. The number of ether oxygens (including phenoxy) is 3. The van der Waals surface area contributed by atoms with E-state index in [0.717, 1.165) is 73.8 Å². The molecule has 0 spiro atoms. The van der Waals surface area contributed by atoms with E-state index < -0.39 is 0 Å². The van der Waals surface area contributed by atoms with Crippen LogP contribution in [-0.4, -0.2) is 84.3 Å². The molecule has 190 valence electrons. The zero-order chi connectivity index (χ0) is 24.5. The van der Waals surface area contributed by atoms with Gasteiger partial charge in [0.1, 0.15) is 0 Å². The molecule has 1 aromatic heterocycles. The molecular formula is C26H30ClN5O4. The molecule has 6 rings (SSSR count). The van der Waals surface area contributed by atoms with Gasteiger partial charge in [-0.2, -0.15) is 4.68 Å². The second-order valence-electron chi connectivity index (χ2n) is 9.59. The van der Waals surface area contributed by atoms with E-state index >= 15 is 0 Å². The number of hydrogen-bond donors (Lipinski definition) is 1. The highest BCUT2D eigenvalue weighted by Gasteiger charge is 2.24. The zero-order valence-corrected chi connectivity index (χ0v) is 20.9. The van der Waals surface area contributed by atoms with Crippen LogP contribution in [0.15, 0.2) is 36.4 Å². The standard InChI is InChI=1S/C26H30ClN5O4/c27-19-2-3-22-21(14-19)26(29-32(22)25(33)16-31-9-11-34-12-10-31)28-20-5-7-30(8-6-20)15-18-1-4-23-24(13-18)36-17-35-23/h1-4,13-14,20H,5-12,15-17H2,(H,28,29). The minimum absolute atomic E-state index is 0.0455. The molecule has 0 saturated carbocycles. The van der Waals surface area contributed by atoms with Crippen LogP contribution in [0.2, 0.25) is 5.02 Å². The third kappa shape index (κ3) is 5.01. The zero-order valence-electron chi connectivity index (χ0n) is 20.1. The lowest BCUT2D eigenvalue weighted by Gasteiger charge is -2.32. The Morgan fingerprint density at radius 2 is 1.81 bits per heavy atom. The molecule has 0 radical (unpaired) electrons. The van der Waals surface area contributed by atoms with E-state index in [4.69, 9.17) is 30.9 Å². The molecule has 0 atom stereocenters. The predicted molar refractivity (Wildman–Crippen MR) is 137 cm³/mol. The van der Waals surface area contributed by atoms with E-state index in [1.54, 1.807) is 0 Å². The maximum absolute atomic E-state index is 13.1. The molecule has 2 fully saturated rings. The third-order valence-electron chi connectivity index (χ3n) is 7.11. The largest absolute Gasteiger partial charge is 0.454 e. The van der Waals surface area contributed by atoms with E-state index in [1.807, 2.05) is 24.3 Å². The second kappa shape index (κ2) is 10.3. The maximum Gasteiger partial charge on any atom is 0.261 e. The lowest BCUT2D eigenvalue weighted by Crippen LogP contribution is -2.41. The van der Waals surface area contributed by atoms with Crippen LogP contribution in [0.25, 0.3) is 10.9 Å². The van der Waals surface area contributed by atoms with Crippen molar-refractivity contribution in [2.24, 2.45) is 0 Å². The van der Waals surface area contributed by atoms with Crippen molar-refractivity contribution in [1.29, 1.82) is 0 Å². The fourth-order valence-corrected chi connectivity index (χ4v) is 5.30. The Kier molecular flexibility index (Phi) is 6.71. The Hall–Kier alpha value is -2.85. The number of hydrogen-bond acceptors (Lipinski definition) is 8. The third-order valence-corrected chi connectivity index (χ3v) is 7.35. The van der Waals surface area contributed by atoms with Gasteiger partial charge >= 0.3 is 0 Å². The summed E-state index contributed by atoms with van der Waals surface area (Å²) in [5.74, 6) is 2.32. The number of carbonyl (C=O) groups excluding carboxylic acids is 1. The van der Waals surface area contributed by atoms with Crippen LogP contribution in [0.4, 0.5) is 5.82 Å². The van der Waals surface area contributed by atoms with Gasteiger partial charge in [-0.05, 0) is 48.7 Å². The number of carbonyl (C=O) groups is 1. The molecular weight excluding hydrogens is 482 g/mol. The van der Waals surface area contributed by atoms with Crippen LogP contribution in [0.1, 0.15) is 23.2 Å². The van der Waals surface area contributed by atoms with Gasteiger partial charge in [-0.3, -0.25) is 14.6 Å². The first-order valence-electron chi connectivity index (χ1n) is 12.5. The van der Waals surface area contributed by atoms with Crippen LogP contribution in [0.3, 0.4) is 0 Å². The molecule has 2 saturated heterocycles. The minimum atomic E-state index is -0.0455. The van der Waals surface area contributed by atoms with Crippen LogP contribution < -0.4 is 14.8 Å². The van der Waals surface area contributed by atoms with Crippen molar-refractivity contribution in [3.63, 3.8) is 0 Å². The molecule has 0 bridgehead atoms. The molecule has 36 heavy (non-hydrogen) atoms. The SMILES string of the molecule is O=C(CN1CCOCC1)n1nc(NC2CCN(Cc3ccc4c(c3)OCO4)CC2)c2cc(Cl)ccc21. The highest BCUT2D eigenvalue weighted by atomic mass is 35.5. The van der Waals surface area contributed by atoms with Gasteiger partial charge in [0.15, 0.2) is 17.3 Å². The lowest BCUT2D eigenvalue weighted by atomic mass is 10.0. The summed E-state index contributed by atoms with van der Waals surface area (Å²) in [4.78, 5) is 17.7. The molecule has 0 amide bonds. The van der Waals surface area contributed by atoms with Crippen molar-refractivity contribution in [2.75, 3.05) is 58.0 Å². The van der Waals surface area contributed by atoms with Crippen LogP contribution >= 0.6 is 11.6 Å². The van der Waals surface area contributed by atoms with E-state index in [9.17, 15) is 4.79 Å². The van der Waals surface area contributed by atoms with Crippen molar-refractivity contribution < 1.29 is 19.0 Å². The summed E-state index contributed by atoms with van der Waals surface area (Å²) < 4.78 is 17.9. The molecule has 4 heterocycles. The van der Waals surface area contributed by atoms with E-state index in [2.05, 4.69) is 27.2 Å². The quantitative estimate of drug-likeness (QED) is 0.539. The van der Waals surface area contributed by atoms with Gasteiger partial charge in [0, 0.05) is 49.2 Å². The van der Waals surface area contributed by atoms with Gasteiger partial charge in [0.05, 0.1) is 25.3 Å². The Bertz CT molecular complexity index is 1250. The van der Waals surface area contributed by atoms with Crippen LogP contribution in [-0.2, 0) is 11.3 Å². The molecule has 10 heteroatoms. The molecule has 0 aliphatic carbocycles. The molecule has 3 aromatic rings. The monoisotopic (exact) mass is 511 g/mol. The number of aromatic nitrogens is 2. The second-order valence-corrected chi connectivity index (χ2v) is 10.0. The summed E-state index contributed by atoms with van der Waals surface area (Å²) in [7, 11) is 0. The lowest BCUT2D eigenvalue weighted by molar-refractivity contribution is 0.0346. The fraction of sp³-hybridized carbons (Fsp3) is 0.462. The molecule has 9 nitrogen and oxygen atoms in total. The van der Waals surface area contributed by atoms with Gasteiger partial charge < -0.3 is 19.5 Å². The Balaban J connectivity index is 1.11. The number of halogens is 1. The van der Waals surface area contributed by atoms with Crippen LogP contribution in [0.5, 0.6) is 11.5 Å². The average Bonchev–Trinajstić information content (AvgIpc) is 3.50. The van der Waals surface area contributed by atoms with Crippen molar-refractivity contribution in [3.8, 4) is 11.5 Å². The first-order chi connectivity index (χ1) is 17.6. The Morgan fingerprint density at radius 3 is 2.64 bits per heavy atom. The van der Waals surface area contributed by atoms with Gasteiger partial charge in [-0.1, -0.05) is 17.7 Å². The first-order valence-corrected chi connectivity index (χ1v) is 12.9. The van der Waals surface area contributed by atoms with E-state index in [0.29, 0.717) is 31.6 Å². The number of likely N-dealkylation sites (tertiary alicyclic amines) is 1. The molecule has 3 aliphatic heterocycles. The highest BCUT2D eigenvalue weighted by Crippen LogP contribution is 2.33. The summed E-state index contributed by atoms with van der Waals surface area (Å²) in [6.07, 6.45) is 1.97. The maximum atomic E-state index is 13.1. The Morgan fingerprint density at radius 1 is 1.00 bits per heavy atom. The van der Waals surface area contributed by atoms with E-state index in [-0.39, 0.29) is 11.9 Å². The Labute approximate surface area is 214 Å². The first kappa shape index (κ1) is 23.5. The van der Waals surface area contributed by atoms with Gasteiger partial charge in [-0.25, -0.2) is 0 Å². The number of anilines is 1. The fourth-order valence-electron chi connectivity index (χ4n) is 5.13. The van der Waals surface area contributed by atoms with Crippen molar-refractivity contribution in [2.45, 2.75) is 25.4 Å². The summed E-state index contributed by atoms with van der Waals surface area (Å²) in [5, 5.41) is 9.82. The van der Waals surface area contributed by atoms with E-state index in [1.165, 1.54) is 10.2 Å². The minimum Gasteiger partial charge on any atom is -0.454 e. The van der Waals surface area contributed by atoms with Crippen molar-refractivity contribution in [1.82, 2.24) is 19.6 Å². The number of piperidine rings is 1. The van der Waals surface area contributed by atoms with Gasteiger partial charge in [0.2, 0.25) is 6.79 Å². The molecule has 1 N–H and O–H groups in total. The van der Waals surface area contributed by atoms with Gasteiger partial charge in [-0.15, -0.1) is 5.10 Å². The molecule has 2 aromatic carbocycles. The summed E-state index contributed by atoms with van der Waals surface area (Å²) in [6, 6.07) is 12.0. The van der Waals surface area contributed by atoms with Crippen molar-refractivity contribution >= 4 is 34.2 Å². The van der Waals surface area contributed by atoms with Crippen LogP contribution in [0, 0.1) is 0 Å². The summed E-state index contributed by atoms with van der Waals surface area (Å²) >= 11 is 6.31. The average molecular weight is 512 g/mol. The number of benzene rings is 2. The topological polar surface area (TPSA) is 81.1 Å². The summed E-state index contributed by atoms with van der Waals surface area (Å²) in [6.45, 7) is 6.27. The predicted octanol–water partition coefficient (Wildman–Crippen LogP) is 3.47.